The largest absolute Gasteiger partial charge is 0.504 e. The third kappa shape index (κ3) is 3.13. The Labute approximate surface area is 104 Å². The Morgan fingerprint density at radius 2 is 2.06 bits per heavy atom. The molecule has 1 rings (SSSR count). The van der Waals surface area contributed by atoms with E-state index in [0.29, 0.717) is 0 Å². The average Bonchev–Trinajstić information content (AvgIpc) is 2.34. The van der Waals surface area contributed by atoms with Crippen molar-refractivity contribution < 1.29 is 24.5 Å². The second-order valence-electron chi connectivity index (χ2n) is 3.60. The molecule has 0 unspecified atom stereocenters. The maximum Gasteiger partial charge on any atom is 0.323 e. The molecule has 2 N–H and O–H groups in total. The number of nitrogens with zero attached hydrogens (tertiary/aromatic N) is 1. The molecule has 0 atom stereocenters. The van der Waals surface area contributed by atoms with Crippen LogP contribution in [0.1, 0.15) is 17.3 Å². The van der Waals surface area contributed by atoms with E-state index in [0.717, 1.165) is 0 Å². The molecule has 0 aliphatic heterocycles. The molecule has 1 aromatic carbocycles. The van der Waals surface area contributed by atoms with Gasteiger partial charge in [0.15, 0.2) is 11.5 Å². The first-order valence-corrected chi connectivity index (χ1v) is 5.37. The van der Waals surface area contributed by atoms with Crippen molar-refractivity contribution in [2.24, 2.45) is 0 Å². The van der Waals surface area contributed by atoms with E-state index in [1.807, 2.05) is 0 Å². The van der Waals surface area contributed by atoms with Crippen LogP contribution >= 0.6 is 0 Å². The number of carboxylic acid groups (broad SMARTS) is 1. The molecule has 18 heavy (non-hydrogen) atoms. The number of methoxy groups -OCH3 is 1. The topological polar surface area (TPSA) is 87.1 Å². The molecule has 0 saturated heterocycles. The lowest BCUT2D eigenvalue weighted by atomic mass is 10.1. The van der Waals surface area contributed by atoms with E-state index in [4.69, 9.17) is 9.84 Å². The van der Waals surface area contributed by atoms with E-state index in [1.54, 1.807) is 6.92 Å². The molecule has 0 spiro atoms. The standard InChI is InChI=1S/C12H15NO5/c1-3-13(7-11(15)16)12(17)8-4-5-10(18-2)9(14)6-8/h4-6,14H,3,7H2,1-2H3,(H,15,16). The predicted octanol–water partition coefficient (Wildman–Crippen LogP) is 0.947. The number of aliphatic carboxylic acids is 1. The summed E-state index contributed by atoms with van der Waals surface area (Å²) in [4.78, 5) is 23.8. The van der Waals surface area contributed by atoms with Gasteiger partial charge in [-0.2, -0.15) is 0 Å². The van der Waals surface area contributed by atoms with E-state index in [-0.39, 0.29) is 30.2 Å². The van der Waals surface area contributed by atoms with Gasteiger partial charge in [-0.3, -0.25) is 9.59 Å². The van der Waals surface area contributed by atoms with Crippen molar-refractivity contribution >= 4 is 11.9 Å². The van der Waals surface area contributed by atoms with Crippen molar-refractivity contribution in [3.05, 3.63) is 23.8 Å². The first kappa shape index (κ1) is 13.8. The molecule has 6 nitrogen and oxygen atoms in total. The molecule has 0 saturated carbocycles. The summed E-state index contributed by atoms with van der Waals surface area (Å²) in [6.45, 7) is 1.59. The molecule has 98 valence electrons. The van der Waals surface area contributed by atoms with Gasteiger partial charge in [-0.15, -0.1) is 0 Å². The van der Waals surface area contributed by atoms with Gasteiger partial charge in [0.25, 0.3) is 5.91 Å². The van der Waals surface area contributed by atoms with Crippen LogP contribution in [0.15, 0.2) is 18.2 Å². The summed E-state index contributed by atoms with van der Waals surface area (Å²) in [6, 6.07) is 4.19. The fourth-order valence-corrected chi connectivity index (χ4v) is 1.50. The van der Waals surface area contributed by atoms with Gasteiger partial charge in [-0.05, 0) is 25.1 Å². The fourth-order valence-electron chi connectivity index (χ4n) is 1.50. The number of benzene rings is 1. The minimum absolute atomic E-state index is 0.158. The Bertz CT molecular complexity index is 458. The van der Waals surface area contributed by atoms with Crippen LogP contribution in [0.2, 0.25) is 0 Å². The predicted molar refractivity (Wildman–Crippen MR) is 63.9 cm³/mol. The lowest BCUT2D eigenvalue weighted by Crippen LogP contribution is -2.35. The zero-order valence-electron chi connectivity index (χ0n) is 10.2. The van der Waals surface area contributed by atoms with E-state index in [9.17, 15) is 14.7 Å². The number of likely N-dealkylation sites (N-methyl/N-ethyl adjacent to an activating group) is 1. The van der Waals surface area contributed by atoms with Gasteiger partial charge < -0.3 is 19.8 Å². The highest BCUT2D eigenvalue weighted by Crippen LogP contribution is 2.26. The minimum Gasteiger partial charge on any atom is -0.504 e. The molecule has 0 heterocycles. The van der Waals surface area contributed by atoms with Gasteiger partial charge >= 0.3 is 5.97 Å². The van der Waals surface area contributed by atoms with Crippen LogP contribution in [0, 0.1) is 0 Å². The molecule has 0 bridgehead atoms. The van der Waals surface area contributed by atoms with Crippen molar-refractivity contribution in [3.63, 3.8) is 0 Å². The van der Waals surface area contributed by atoms with E-state index >= 15 is 0 Å². The smallest absolute Gasteiger partial charge is 0.323 e. The number of carbonyl (C=O) groups excluding carboxylic acids is 1. The average molecular weight is 253 g/mol. The number of phenols is 1. The molecule has 0 radical (unpaired) electrons. The van der Waals surface area contributed by atoms with Crippen molar-refractivity contribution in [2.45, 2.75) is 6.92 Å². The second kappa shape index (κ2) is 5.90. The number of rotatable bonds is 5. The normalized spacial score (nSPS) is 9.89. The van der Waals surface area contributed by atoms with Crippen LogP contribution in [0.3, 0.4) is 0 Å². The third-order valence-corrected chi connectivity index (χ3v) is 2.42. The molecule has 0 fully saturated rings. The highest BCUT2D eigenvalue weighted by Gasteiger charge is 2.18. The van der Waals surface area contributed by atoms with Gasteiger partial charge in [0, 0.05) is 12.1 Å². The van der Waals surface area contributed by atoms with Gasteiger partial charge in [0.05, 0.1) is 7.11 Å². The lowest BCUT2D eigenvalue weighted by molar-refractivity contribution is -0.137. The number of ether oxygens (including phenoxy) is 1. The van der Waals surface area contributed by atoms with Crippen LogP contribution in [-0.2, 0) is 4.79 Å². The van der Waals surface area contributed by atoms with Crippen molar-refractivity contribution in [1.82, 2.24) is 4.90 Å². The first-order valence-electron chi connectivity index (χ1n) is 5.37. The minimum atomic E-state index is -1.08. The fraction of sp³-hybridized carbons (Fsp3) is 0.333. The Balaban J connectivity index is 2.95. The first-order chi connectivity index (χ1) is 8.49. The Hall–Kier alpha value is -2.24. The van der Waals surface area contributed by atoms with Gasteiger partial charge in [-0.25, -0.2) is 0 Å². The van der Waals surface area contributed by atoms with Gasteiger partial charge in [0.1, 0.15) is 6.54 Å². The molecule has 1 aromatic rings. The summed E-state index contributed by atoms with van der Waals surface area (Å²) in [5, 5.41) is 18.2. The zero-order chi connectivity index (χ0) is 13.7. The monoisotopic (exact) mass is 253 g/mol. The zero-order valence-corrected chi connectivity index (χ0v) is 10.2. The summed E-state index contributed by atoms with van der Waals surface area (Å²) in [5.41, 5.74) is 0.219. The SMILES string of the molecule is CCN(CC(=O)O)C(=O)c1ccc(OC)c(O)c1. The molecule has 6 heteroatoms. The summed E-state index contributed by atoms with van der Waals surface area (Å²) < 4.78 is 4.86. The number of carboxylic acids is 1. The molecular formula is C12H15NO5. The maximum atomic E-state index is 12.0. The number of hydrogen-bond donors (Lipinski definition) is 2. The van der Waals surface area contributed by atoms with Crippen molar-refractivity contribution in [2.75, 3.05) is 20.2 Å². The highest BCUT2D eigenvalue weighted by molar-refractivity contribution is 5.96. The summed E-state index contributed by atoms with van der Waals surface area (Å²) in [7, 11) is 1.40. The van der Waals surface area contributed by atoms with Crippen LogP contribution in [-0.4, -0.2) is 47.2 Å². The number of phenolic OH excluding ortho intramolecular Hbond substituents is 1. The second-order valence-corrected chi connectivity index (χ2v) is 3.60. The van der Waals surface area contributed by atoms with Crippen LogP contribution < -0.4 is 4.74 Å². The summed E-state index contributed by atoms with van der Waals surface area (Å²) >= 11 is 0. The van der Waals surface area contributed by atoms with E-state index < -0.39 is 11.9 Å². The van der Waals surface area contributed by atoms with Gasteiger partial charge in [0.2, 0.25) is 0 Å². The quantitative estimate of drug-likeness (QED) is 0.815. The maximum absolute atomic E-state index is 12.0. The molecule has 0 aromatic heterocycles. The van der Waals surface area contributed by atoms with Crippen molar-refractivity contribution in [3.8, 4) is 11.5 Å². The Kier molecular flexibility index (Phi) is 4.53. The van der Waals surface area contributed by atoms with Crippen LogP contribution in [0.4, 0.5) is 0 Å². The van der Waals surface area contributed by atoms with E-state index in [2.05, 4.69) is 0 Å². The van der Waals surface area contributed by atoms with Crippen molar-refractivity contribution in [1.29, 1.82) is 0 Å². The van der Waals surface area contributed by atoms with Crippen LogP contribution in [0.5, 0.6) is 11.5 Å². The Morgan fingerprint density at radius 1 is 1.39 bits per heavy atom. The number of hydrogen-bond acceptors (Lipinski definition) is 4. The number of amides is 1. The number of aromatic hydroxyl groups is 1. The van der Waals surface area contributed by atoms with Gasteiger partial charge in [-0.1, -0.05) is 0 Å². The summed E-state index contributed by atoms with van der Waals surface area (Å²) in [6.07, 6.45) is 0. The van der Waals surface area contributed by atoms with Crippen LogP contribution in [0.25, 0.3) is 0 Å². The molecule has 0 aliphatic rings. The van der Waals surface area contributed by atoms with E-state index in [1.165, 1.54) is 30.2 Å². The lowest BCUT2D eigenvalue weighted by Gasteiger charge is -2.18. The highest BCUT2D eigenvalue weighted by atomic mass is 16.5. The molecule has 1 amide bonds. The summed E-state index contributed by atoms with van der Waals surface area (Å²) in [5.74, 6) is -1.43. The Morgan fingerprint density at radius 3 is 2.50 bits per heavy atom. The molecule has 0 aliphatic carbocycles. The third-order valence-electron chi connectivity index (χ3n) is 2.42. The molecular weight excluding hydrogens is 238 g/mol. The number of carbonyl (C=O) groups is 2.